The number of carbonyl (C=O) groups is 1. The number of anilines is 2. The fraction of sp³-hybridized carbons (Fsp3) is 0.269. The van der Waals surface area contributed by atoms with Crippen molar-refractivity contribution >= 4 is 34.3 Å². The van der Waals surface area contributed by atoms with E-state index in [1.807, 2.05) is 48.5 Å². The van der Waals surface area contributed by atoms with Gasteiger partial charge in [-0.3, -0.25) is 4.79 Å². The summed E-state index contributed by atoms with van der Waals surface area (Å²) in [5.74, 6) is -0.180. The fourth-order valence-electron chi connectivity index (χ4n) is 4.60. The van der Waals surface area contributed by atoms with Gasteiger partial charge in [-0.1, -0.05) is 36.4 Å². The van der Waals surface area contributed by atoms with Crippen molar-refractivity contribution in [3.8, 4) is 0 Å². The first-order valence-electron chi connectivity index (χ1n) is 10.6. The topological polar surface area (TPSA) is 32.3 Å². The Bertz CT molecular complexity index is 987. The molecule has 168 valence electrons. The number of hydrogen-bond donors (Lipinski definition) is 1. The minimum absolute atomic E-state index is 0. The molecule has 4 rings (SSSR count). The molecular formula is C26H27BrF2N2O. The maximum atomic E-state index is 13.5. The van der Waals surface area contributed by atoms with Crippen molar-refractivity contribution in [1.29, 1.82) is 0 Å². The third-order valence-electron chi connectivity index (χ3n) is 6.02. The summed E-state index contributed by atoms with van der Waals surface area (Å²) in [6, 6.07) is 21.1. The standard InChI is InChI=1S/C26H26F2N2O.BrH/c1-18(31)29-24-4-2-3-5-25(24)30-16-14-21(15-17-30)26(19-6-10-22(27)11-7-19)20-8-12-23(28)13-9-20;/h2-13,21,26H,14-17H2,1H3,(H,29,31);1H. The number of hydrogen-bond acceptors (Lipinski definition) is 2. The van der Waals surface area contributed by atoms with Crippen molar-refractivity contribution in [2.24, 2.45) is 5.92 Å². The number of rotatable bonds is 5. The van der Waals surface area contributed by atoms with Gasteiger partial charge in [-0.15, -0.1) is 17.0 Å². The molecule has 3 nitrogen and oxygen atoms in total. The van der Waals surface area contributed by atoms with Crippen LogP contribution in [0.1, 0.15) is 36.8 Å². The number of halogens is 3. The second-order valence-corrected chi connectivity index (χ2v) is 8.10. The van der Waals surface area contributed by atoms with Gasteiger partial charge in [-0.05, 0) is 66.3 Å². The molecule has 6 heteroatoms. The molecule has 0 aliphatic carbocycles. The molecule has 0 aromatic heterocycles. The predicted octanol–water partition coefficient (Wildman–Crippen LogP) is 6.55. The molecule has 1 heterocycles. The van der Waals surface area contributed by atoms with Gasteiger partial charge in [-0.2, -0.15) is 0 Å². The average Bonchev–Trinajstić information content (AvgIpc) is 2.77. The molecule has 32 heavy (non-hydrogen) atoms. The molecule has 0 atom stereocenters. The summed E-state index contributed by atoms with van der Waals surface area (Å²) in [6.45, 7) is 3.21. The lowest BCUT2D eigenvalue weighted by molar-refractivity contribution is -0.114. The molecule has 1 aliphatic rings. The van der Waals surface area contributed by atoms with Crippen LogP contribution >= 0.6 is 17.0 Å². The number of amides is 1. The number of carbonyl (C=O) groups excluding carboxylic acids is 1. The molecule has 0 bridgehead atoms. The molecular weight excluding hydrogens is 474 g/mol. The monoisotopic (exact) mass is 500 g/mol. The lowest BCUT2D eigenvalue weighted by Crippen LogP contribution is -2.36. The third kappa shape index (κ3) is 5.54. The Morgan fingerprint density at radius 1 is 0.875 bits per heavy atom. The molecule has 1 amide bonds. The first kappa shape index (κ1) is 23.9. The van der Waals surface area contributed by atoms with Crippen molar-refractivity contribution in [2.75, 3.05) is 23.3 Å². The molecule has 0 radical (unpaired) electrons. The first-order chi connectivity index (χ1) is 15.0. The molecule has 0 spiro atoms. The van der Waals surface area contributed by atoms with Crippen LogP contribution in [0, 0.1) is 17.6 Å². The van der Waals surface area contributed by atoms with Crippen molar-refractivity contribution in [2.45, 2.75) is 25.7 Å². The quantitative estimate of drug-likeness (QED) is 0.430. The van der Waals surface area contributed by atoms with Crippen molar-refractivity contribution in [1.82, 2.24) is 0 Å². The Kier molecular flexibility index (Phi) is 8.02. The summed E-state index contributed by atoms with van der Waals surface area (Å²) >= 11 is 0. The van der Waals surface area contributed by atoms with Crippen LogP contribution in [0.15, 0.2) is 72.8 Å². The zero-order valence-corrected chi connectivity index (χ0v) is 19.6. The Balaban J connectivity index is 0.00000289. The van der Waals surface area contributed by atoms with E-state index >= 15 is 0 Å². The zero-order chi connectivity index (χ0) is 21.8. The van der Waals surface area contributed by atoms with Gasteiger partial charge in [0, 0.05) is 25.9 Å². The van der Waals surface area contributed by atoms with Crippen LogP contribution < -0.4 is 10.2 Å². The first-order valence-corrected chi connectivity index (χ1v) is 10.6. The number of benzene rings is 3. The number of nitrogens with one attached hydrogen (secondary N) is 1. The smallest absolute Gasteiger partial charge is 0.221 e. The van der Waals surface area contributed by atoms with Gasteiger partial charge >= 0.3 is 0 Å². The van der Waals surface area contributed by atoms with Gasteiger partial charge in [-0.25, -0.2) is 8.78 Å². The number of para-hydroxylation sites is 2. The normalized spacial score (nSPS) is 14.2. The van der Waals surface area contributed by atoms with Gasteiger partial charge in [0.1, 0.15) is 11.6 Å². The molecule has 1 saturated heterocycles. The second-order valence-electron chi connectivity index (χ2n) is 8.10. The molecule has 1 N–H and O–H groups in total. The van der Waals surface area contributed by atoms with Crippen LogP contribution in [0.25, 0.3) is 0 Å². The fourth-order valence-corrected chi connectivity index (χ4v) is 4.60. The van der Waals surface area contributed by atoms with E-state index in [4.69, 9.17) is 0 Å². The molecule has 1 fully saturated rings. The van der Waals surface area contributed by atoms with Crippen LogP contribution in [-0.2, 0) is 4.79 Å². The maximum Gasteiger partial charge on any atom is 0.221 e. The van der Waals surface area contributed by atoms with E-state index in [2.05, 4.69) is 10.2 Å². The summed E-state index contributed by atoms with van der Waals surface area (Å²) in [5, 5.41) is 2.92. The van der Waals surface area contributed by atoms with Crippen molar-refractivity contribution in [3.63, 3.8) is 0 Å². The van der Waals surface area contributed by atoms with E-state index in [-0.39, 0.29) is 40.4 Å². The van der Waals surface area contributed by atoms with Gasteiger partial charge in [0.15, 0.2) is 0 Å². The molecule has 0 saturated carbocycles. The molecule has 0 unspecified atom stereocenters. The molecule has 3 aromatic rings. The summed E-state index contributed by atoms with van der Waals surface area (Å²) in [7, 11) is 0. The van der Waals surface area contributed by atoms with Gasteiger partial charge in [0.2, 0.25) is 5.91 Å². The van der Waals surface area contributed by atoms with Crippen LogP contribution in [0.3, 0.4) is 0 Å². The average molecular weight is 501 g/mol. The van der Waals surface area contributed by atoms with E-state index in [0.29, 0.717) is 5.92 Å². The number of nitrogens with zero attached hydrogens (tertiary/aromatic N) is 1. The lowest BCUT2D eigenvalue weighted by atomic mass is 9.76. The predicted molar refractivity (Wildman–Crippen MR) is 131 cm³/mol. The van der Waals surface area contributed by atoms with E-state index in [1.54, 1.807) is 0 Å². The van der Waals surface area contributed by atoms with E-state index in [0.717, 1.165) is 48.4 Å². The Morgan fingerprint density at radius 2 is 1.38 bits per heavy atom. The Labute approximate surface area is 198 Å². The summed E-state index contributed by atoms with van der Waals surface area (Å²) in [4.78, 5) is 13.9. The van der Waals surface area contributed by atoms with Gasteiger partial charge < -0.3 is 10.2 Å². The van der Waals surface area contributed by atoms with Crippen LogP contribution in [0.2, 0.25) is 0 Å². The second kappa shape index (κ2) is 10.7. The van der Waals surface area contributed by atoms with Crippen LogP contribution in [0.4, 0.5) is 20.2 Å². The SMILES string of the molecule is Br.CC(=O)Nc1ccccc1N1CCC(C(c2ccc(F)cc2)c2ccc(F)cc2)CC1. The van der Waals surface area contributed by atoms with E-state index in [1.165, 1.54) is 31.2 Å². The number of piperidine rings is 1. The lowest BCUT2D eigenvalue weighted by Gasteiger charge is -2.38. The molecule has 3 aromatic carbocycles. The molecule has 1 aliphatic heterocycles. The maximum absolute atomic E-state index is 13.5. The highest BCUT2D eigenvalue weighted by Crippen LogP contribution is 2.40. The van der Waals surface area contributed by atoms with Gasteiger partial charge in [0.25, 0.3) is 0 Å². The highest BCUT2D eigenvalue weighted by Gasteiger charge is 2.29. The minimum Gasteiger partial charge on any atom is -0.370 e. The Hall–Kier alpha value is -2.73. The Morgan fingerprint density at radius 3 is 1.88 bits per heavy atom. The van der Waals surface area contributed by atoms with Gasteiger partial charge in [0.05, 0.1) is 11.4 Å². The van der Waals surface area contributed by atoms with E-state index < -0.39 is 0 Å². The summed E-state index contributed by atoms with van der Waals surface area (Å²) in [5.41, 5.74) is 3.94. The van der Waals surface area contributed by atoms with Crippen molar-refractivity contribution < 1.29 is 13.6 Å². The van der Waals surface area contributed by atoms with Crippen LogP contribution in [-0.4, -0.2) is 19.0 Å². The highest BCUT2D eigenvalue weighted by molar-refractivity contribution is 8.93. The zero-order valence-electron chi connectivity index (χ0n) is 17.9. The minimum atomic E-state index is -0.258. The van der Waals surface area contributed by atoms with Crippen LogP contribution in [0.5, 0.6) is 0 Å². The van der Waals surface area contributed by atoms with Crippen molar-refractivity contribution in [3.05, 3.63) is 95.6 Å². The largest absolute Gasteiger partial charge is 0.370 e. The highest BCUT2D eigenvalue weighted by atomic mass is 79.9. The summed E-state index contributed by atoms with van der Waals surface area (Å²) < 4.78 is 27.1. The van der Waals surface area contributed by atoms with E-state index in [9.17, 15) is 13.6 Å². The third-order valence-corrected chi connectivity index (χ3v) is 6.02. The summed E-state index contributed by atoms with van der Waals surface area (Å²) in [6.07, 6.45) is 1.88.